The summed E-state index contributed by atoms with van der Waals surface area (Å²) in [4.78, 5) is 12.7. The van der Waals surface area contributed by atoms with E-state index in [9.17, 15) is 13.2 Å². The molecule has 2 heterocycles. The predicted molar refractivity (Wildman–Crippen MR) is 107 cm³/mol. The van der Waals surface area contributed by atoms with Gasteiger partial charge in [0.1, 0.15) is 18.5 Å². The van der Waals surface area contributed by atoms with E-state index in [0.717, 1.165) is 11.8 Å². The first-order valence-corrected chi connectivity index (χ1v) is 11.1. The largest absolute Gasteiger partial charge is 0.486 e. The molecule has 0 bridgehead atoms. The van der Waals surface area contributed by atoms with Crippen molar-refractivity contribution in [3.63, 3.8) is 0 Å². The van der Waals surface area contributed by atoms with Crippen molar-refractivity contribution in [2.75, 3.05) is 30.3 Å². The lowest BCUT2D eigenvalue weighted by Crippen LogP contribution is -2.52. The molecule has 2 aliphatic heterocycles. The van der Waals surface area contributed by atoms with E-state index in [1.807, 2.05) is 31.2 Å². The topological polar surface area (TPSA) is 94.2 Å². The molecule has 4 rings (SSSR count). The zero-order chi connectivity index (χ0) is 20.6. The van der Waals surface area contributed by atoms with Gasteiger partial charge in [0.05, 0.1) is 25.0 Å². The van der Waals surface area contributed by atoms with Crippen LogP contribution in [0, 0.1) is 6.92 Å². The molecule has 154 valence electrons. The number of para-hydroxylation sites is 2. The van der Waals surface area contributed by atoms with Gasteiger partial charge in [-0.25, -0.2) is 8.42 Å². The van der Waals surface area contributed by atoms with E-state index in [4.69, 9.17) is 14.2 Å². The summed E-state index contributed by atoms with van der Waals surface area (Å²) < 4.78 is 43.0. The molecule has 0 saturated carbocycles. The maximum Gasteiger partial charge on any atom is 0.263 e. The summed E-state index contributed by atoms with van der Waals surface area (Å²) >= 11 is 0. The molecule has 2 aromatic carbocycles. The molecule has 2 atom stereocenters. The van der Waals surface area contributed by atoms with Gasteiger partial charge in [0.2, 0.25) is 10.0 Å². The van der Waals surface area contributed by atoms with Gasteiger partial charge in [-0.2, -0.15) is 0 Å². The number of anilines is 1. The van der Waals surface area contributed by atoms with Crippen LogP contribution in [0.15, 0.2) is 42.5 Å². The fourth-order valence-electron chi connectivity index (χ4n) is 3.30. The molecule has 29 heavy (non-hydrogen) atoms. The molecule has 0 aromatic heterocycles. The number of hydrogen-bond acceptors (Lipinski definition) is 6. The summed E-state index contributed by atoms with van der Waals surface area (Å²) in [6.45, 7) is 2.29. The number of amides is 1. The number of carbonyl (C=O) groups excluding carboxylic acids is 1. The SMILES string of the molecule is Cc1ccc2c(c1)N(S(C)(=O)=O)C[C@H](C(=O)NC[C@@H]1COc3ccccc3O1)O2. The second-order valence-corrected chi connectivity index (χ2v) is 9.02. The van der Waals surface area contributed by atoms with Crippen LogP contribution in [0.2, 0.25) is 0 Å². The van der Waals surface area contributed by atoms with Crippen LogP contribution in [0.4, 0.5) is 5.69 Å². The van der Waals surface area contributed by atoms with E-state index < -0.39 is 22.0 Å². The molecule has 0 spiro atoms. The lowest BCUT2D eigenvalue weighted by Gasteiger charge is -2.34. The van der Waals surface area contributed by atoms with Crippen LogP contribution in [0.3, 0.4) is 0 Å². The van der Waals surface area contributed by atoms with Gasteiger partial charge in [0.25, 0.3) is 5.91 Å². The number of benzene rings is 2. The van der Waals surface area contributed by atoms with Crippen molar-refractivity contribution in [1.82, 2.24) is 5.32 Å². The van der Waals surface area contributed by atoms with Gasteiger partial charge in [0, 0.05) is 0 Å². The van der Waals surface area contributed by atoms with Crippen LogP contribution in [0.25, 0.3) is 0 Å². The Kier molecular flexibility index (Phi) is 4.99. The zero-order valence-electron chi connectivity index (χ0n) is 16.1. The molecular weight excluding hydrogens is 396 g/mol. The number of hydrogen-bond donors (Lipinski definition) is 1. The summed E-state index contributed by atoms with van der Waals surface area (Å²) in [5.74, 6) is 1.24. The normalized spacial score (nSPS) is 20.4. The minimum Gasteiger partial charge on any atom is -0.486 e. The van der Waals surface area contributed by atoms with E-state index in [0.29, 0.717) is 29.5 Å². The molecule has 0 aliphatic carbocycles. The Morgan fingerprint density at radius 3 is 2.66 bits per heavy atom. The molecule has 2 aromatic rings. The highest BCUT2D eigenvalue weighted by Gasteiger charge is 2.35. The Balaban J connectivity index is 1.43. The molecule has 1 amide bonds. The number of ether oxygens (including phenoxy) is 3. The molecule has 8 nitrogen and oxygen atoms in total. The van der Waals surface area contributed by atoms with Crippen molar-refractivity contribution in [3.8, 4) is 17.2 Å². The maximum atomic E-state index is 12.7. The predicted octanol–water partition coefficient (Wildman–Crippen LogP) is 1.48. The van der Waals surface area contributed by atoms with E-state index in [2.05, 4.69) is 5.32 Å². The monoisotopic (exact) mass is 418 g/mol. The van der Waals surface area contributed by atoms with Crippen LogP contribution in [-0.2, 0) is 14.8 Å². The van der Waals surface area contributed by atoms with Crippen molar-refractivity contribution < 1.29 is 27.4 Å². The fourth-order valence-corrected chi connectivity index (χ4v) is 4.21. The van der Waals surface area contributed by atoms with Gasteiger partial charge in [0.15, 0.2) is 17.6 Å². The number of aryl methyl sites for hydroxylation is 1. The van der Waals surface area contributed by atoms with Gasteiger partial charge in [-0.3, -0.25) is 9.10 Å². The molecule has 2 aliphatic rings. The van der Waals surface area contributed by atoms with Crippen LogP contribution in [0.1, 0.15) is 5.56 Å². The molecular formula is C20H22N2O6S. The molecule has 0 fully saturated rings. The second-order valence-electron chi connectivity index (χ2n) is 7.11. The van der Waals surface area contributed by atoms with Gasteiger partial charge in [-0.05, 0) is 36.8 Å². The number of sulfonamides is 1. The van der Waals surface area contributed by atoms with E-state index in [1.165, 1.54) is 4.31 Å². The quantitative estimate of drug-likeness (QED) is 0.808. The molecule has 0 unspecified atom stereocenters. The van der Waals surface area contributed by atoms with Crippen molar-refractivity contribution in [3.05, 3.63) is 48.0 Å². The Morgan fingerprint density at radius 2 is 1.90 bits per heavy atom. The highest BCUT2D eigenvalue weighted by molar-refractivity contribution is 7.92. The average Bonchev–Trinajstić information content (AvgIpc) is 2.70. The Labute approximate surface area is 169 Å². The molecule has 9 heteroatoms. The third kappa shape index (κ3) is 4.09. The Morgan fingerprint density at radius 1 is 1.14 bits per heavy atom. The first kappa shape index (κ1) is 19.4. The van der Waals surface area contributed by atoms with Gasteiger partial charge in [-0.15, -0.1) is 0 Å². The summed E-state index contributed by atoms with van der Waals surface area (Å²) in [7, 11) is -3.56. The minimum atomic E-state index is -3.56. The first-order valence-electron chi connectivity index (χ1n) is 9.22. The molecule has 1 N–H and O–H groups in total. The highest BCUT2D eigenvalue weighted by atomic mass is 32.2. The van der Waals surface area contributed by atoms with Crippen LogP contribution >= 0.6 is 0 Å². The number of nitrogens with zero attached hydrogens (tertiary/aromatic N) is 1. The standard InChI is InChI=1S/C20H22N2O6S/c1-13-7-8-16-15(9-13)22(29(2,24)25)11-19(28-16)20(23)21-10-14-12-26-17-5-3-4-6-18(17)27-14/h3-9,14,19H,10-12H2,1-2H3,(H,21,23)/t14-,19-/m1/s1. The Hall–Kier alpha value is -2.94. The van der Waals surface area contributed by atoms with E-state index in [-0.39, 0.29) is 19.2 Å². The summed E-state index contributed by atoms with van der Waals surface area (Å²) in [6, 6.07) is 12.5. The molecule has 0 saturated heterocycles. The maximum absolute atomic E-state index is 12.7. The third-order valence-corrected chi connectivity index (χ3v) is 5.89. The number of rotatable bonds is 4. The second kappa shape index (κ2) is 7.47. The average molecular weight is 418 g/mol. The van der Waals surface area contributed by atoms with Gasteiger partial charge in [-0.1, -0.05) is 18.2 Å². The smallest absolute Gasteiger partial charge is 0.263 e. The lowest BCUT2D eigenvalue weighted by atomic mass is 10.1. The lowest BCUT2D eigenvalue weighted by molar-refractivity contribution is -0.128. The summed E-state index contributed by atoms with van der Waals surface area (Å²) in [6.07, 6.45) is -0.195. The summed E-state index contributed by atoms with van der Waals surface area (Å²) in [5, 5.41) is 2.78. The van der Waals surface area contributed by atoms with Crippen molar-refractivity contribution in [2.24, 2.45) is 0 Å². The molecule has 0 radical (unpaired) electrons. The van der Waals surface area contributed by atoms with E-state index in [1.54, 1.807) is 18.2 Å². The van der Waals surface area contributed by atoms with Crippen molar-refractivity contribution >= 4 is 21.6 Å². The fraction of sp³-hybridized carbons (Fsp3) is 0.350. The number of nitrogens with one attached hydrogen (secondary N) is 1. The third-order valence-electron chi connectivity index (χ3n) is 4.75. The van der Waals surface area contributed by atoms with Crippen molar-refractivity contribution in [1.29, 1.82) is 0 Å². The van der Waals surface area contributed by atoms with Crippen LogP contribution < -0.4 is 23.8 Å². The van der Waals surface area contributed by atoms with E-state index >= 15 is 0 Å². The van der Waals surface area contributed by atoms with Crippen LogP contribution in [-0.4, -0.2) is 52.5 Å². The number of carbonyl (C=O) groups is 1. The van der Waals surface area contributed by atoms with Gasteiger partial charge < -0.3 is 19.5 Å². The van der Waals surface area contributed by atoms with Crippen LogP contribution in [0.5, 0.6) is 17.2 Å². The number of fused-ring (bicyclic) bond motifs is 2. The van der Waals surface area contributed by atoms with Crippen molar-refractivity contribution in [2.45, 2.75) is 19.1 Å². The Bertz CT molecular complexity index is 1040. The highest BCUT2D eigenvalue weighted by Crippen LogP contribution is 2.36. The zero-order valence-corrected chi connectivity index (χ0v) is 16.9. The van der Waals surface area contributed by atoms with Gasteiger partial charge >= 0.3 is 0 Å². The summed E-state index contributed by atoms with van der Waals surface area (Å²) in [5.41, 5.74) is 1.34. The first-order chi connectivity index (χ1) is 13.8. The minimum absolute atomic E-state index is 0.0913.